The molecule has 0 bridgehead atoms. The van der Waals surface area contributed by atoms with Crippen LogP contribution in [0.2, 0.25) is 0 Å². The molecule has 0 radical (unpaired) electrons. The highest BCUT2D eigenvalue weighted by Crippen LogP contribution is 2.33. The van der Waals surface area contributed by atoms with Crippen LogP contribution >= 0.6 is 0 Å². The highest BCUT2D eigenvalue weighted by Gasteiger charge is 2.34. The van der Waals surface area contributed by atoms with Crippen molar-refractivity contribution in [3.8, 4) is 0 Å². The summed E-state index contributed by atoms with van der Waals surface area (Å²) < 4.78 is 7.83. The van der Waals surface area contributed by atoms with Crippen LogP contribution in [-0.4, -0.2) is 45.3 Å². The van der Waals surface area contributed by atoms with Gasteiger partial charge in [-0.05, 0) is 42.9 Å². The van der Waals surface area contributed by atoms with Gasteiger partial charge in [0.1, 0.15) is 0 Å². The Morgan fingerprint density at radius 3 is 2.83 bits per heavy atom. The van der Waals surface area contributed by atoms with E-state index in [9.17, 15) is 4.79 Å². The molecule has 2 aromatic rings. The van der Waals surface area contributed by atoms with Crippen LogP contribution in [0.15, 0.2) is 30.7 Å². The predicted octanol–water partition coefficient (Wildman–Crippen LogP) is 1.98. The number of hydrogen-bond acceptors (Lipinski definition) is 4. The van der Waals surface area contributed by atoms with E-state index in [-0.39, 0.29) is 11.9 Å². The molecule has 1 aliphatic heterocycles. The molecule has 2 aliphatic rings. The molecule has 6 nitrogen and oxygen atoms in total. The number of aromatic nitrogens is 3. The van der Waals surface area contributed by atoms with Gasteiger partial charge in [0.15, 0.2) is 0 Å². The molecular formula is C18H22N4O2. The van der Waals surface area contributed by atoms with E-state index in [1.165, 1.54) is 18.4 Å². The summed E-state index contributed by atoms with van der Waals surface area (Å²) in [6.07, 6.45) is 8.59. The molecule has 0 saturated heterocycles. The molecule has 1 amide bonds. The molecule has 2 aromatic heterocycles. The van der Waals surface area contributed by atoms with E-state index in [2.05, 4.69) is 10.1 Å². The van der Waals surface area contributed by atoms with Crippen LogP contribution in [0.25, 0.3) is 0 Å². The fraction of sp³-hybridized carbons (Fsp3) is 0.500. The van der Waals surface area contributed by atoms with Gasteiger partial charge in [-0.1, -0.05) is 0 Å². The number of carbonyl (C=O) groups excluding carboxylic acids is 1. The quantitative estimate of drug-likeness (QED) is 0.843. The maximum Gasteiger partial charge on any atom is 0.254 e. The predicted molar refractivity (Wildman–Crippen MR) is 88.5 cm³/mol. The average molecular weight is 326 g/mol. The average Bonchev–Trinajstić information content (AvgIpc) is 3.37. The molecule has 126 valence electrons. The minimum Gasteiger partial charge on any atom is -0.379 e. The second-order valence-corrected chi connectivity index (χ2v) is 6.66. The highest BCUT2D eigenvalue weighted by atomic mass is 16.5. The first-order valence-electron chi connectivity index (χ1n) is 8.53. The van der Waals surface area contributed by atoms with Crippen molar-refractivity contribution in [1.29, 1.82) is 0 Å². The third-order valence-electron chi connectivity index (χ3n) is 4.89. The Hall–Kier alpha value is -2.21. The van der Waals surface area contributed by atoms with Crippen molar-refractivity contribution in [3.05, 3.63) is 47.5 Å². The number of hydrogen-bond donors (Lipinski definition) is 0. The molecule has 1 saturated carbocycles. The number of rotatable bonds is 5. The first kappa shape index (κ1) is 15.3. The van der Waals surface area contributed by atoms with Gasteiger partial charge >= 0.3 is 0 Å². The minimum atomic E-state index is -0.0827. The van der Waals surface area contributed by atoms with Crippen LogP contribution < -0.4 is 0 Å². The van der Waals surface area contributed by atoms with E-state index in [1.807, 2.05) is 22.8 Å². The SMILES string of the molecule is Cn1ncc2c1[C@@H](COCC1CC1)N(C(=O)c1ccncc1)CC2. The fourth-order valence-corrected chi connectivity index (χ4v) is 3.36. The molecule has 1 fully saturated rings. The molecule has 6 heteroatoms. The van der Waals surface area contributed by atoms with Gasteiger partial charge in [0.2, 0.25) is 0 Å². The third-order valence-corrected chi connectivity index (χ3v) is 4.89. The summed E-state index contributed by atoms with van der Waals surface area (Å²) in [4.78, 5) is 18.9. The Morgan fingerprint density at radius 1 is 1.29 bits per heavy atom. The standard InChI is InChI=1S/C18H22N4O2/c1-21-17-15(10-20-21)6-9-22(16(17)12-24-11-13-2-3-13)18(23)14-4-7-19-8-5-14/h4-5,7-8,10,13,16H,2-3,6,9,11-12H2,1H3/t16-/m1/s1. The molecule has 3 heterocycles. The zero-order chi connectivity index (χ0) is 16.5. The lowest BCUT2D eigenvalue weighted by atomic mass is 9.99. The summed E-state index contributed by atoms with van der Waals surface area (Å²) in [7, 11) is 1.94. The molecule has 0 N–H and O–H groups in total. The van der Waals surface area contributed by atoms with Gasteiger partial charge in [0.05, 0.1) is 24.5 Å². The zero-order valence-corrected chi connectivity index (χ0v) is 13.9. The lowest BCUT2D eigenvalue weighted by Crippen LogP contribution is -2.42. The summed E-state index contributed by atoms with van der Waals surface area (Å²) in [6.45, 7) is 2.01. The van der Waals surface area contributed by atoms with Crippen molar-refractivity contribution in [1.82, 2.24) is 19.7 Å². The topological polar surface area (TPSA) is 60.2 Å². The van der Waals surface area contributed by atoms with Crippen molar-refractivity contribution in [2.75, 3.05) is 19.8 Å². The highest BCUT2D eigenvalue weighted by molar-refractivity contribution is 5.94. The van der Waals surface area contributed by atoms with Crippen molar-refractivity contribution in [3.63, 3.8) is 0 Å². The monoisotopic (exact) mass is 326 g/mol. The van der Waals surface area contributed by atoms with Gasteiger partial charge in [0.25, 0.3) is 5.91 Å². The van der Waals surface area contributed by atoms with E-state index in [4.69, 9.17) is 4.74 Å². The summed E-state index contributed by atoms with van der Waals surface area (Å²) in [6, 6.07) is 3.45. The summed E-state index contributed by atoms with van der Waals surface area (Å²) >= 11 is 0. The normalized spacial score (nSPS) is 20.0. The Labute approximate surface area is 141 Å². The largest absolute Gasteiger partial charge is 0.379 e. The van der Waals surface area contributed by atoms with E-state index >= 15 is 0 Å². The van der Waals surface area contributed by atoms with Crippen LogP contribution in [0.3, 0.4) is 0 Å². The fourth-order valence-electron chi connectivity index (χ4n) is 3.36. The van der Waals surface area contributed by atoms with Crippen molar-refractivity contribution in [2.24, 2.45) is 13.0 Å². The van der Waals surface area contributed by atoms with E-state index < -0.39 is 0 Å². The Kier molecular flexibility index (Phi) is 4.06. The molecule has 0 unspecified atom stereocenters. The molecule has 1 aliphatic carbocycles. The second-order valence-electron chi connectivity index (χ2n) is 6.66. The molecule has 0 aromatic carbocycles. The van der Waals surface area contributed by atoms with Crippen LogP contribution in [0.5, 0.6) is 0 Å². The van der Waals surface area contributed by atoms with Crippen molar-refractivity contribution < 1.29 is 9.53 Å². The molecule has 0 spiro atoms. The van der Waals surface area contributed by atoms with Crippen LogP contribution in [0, 0.1) is 5.92 Å². The number of aryl methyl sites for hydroxylation is 1. The van der Waals surface area contributed by atoms with Gasteiger partial charge < -0.3 is 9.64 Å². The van der Waals surface area contributed by atoms with E-state index in [0.29, 0.717) is 24.6 Å². The van der Waals surface area contributed by atoms with E-state index in [1.54, 1.807) is 24.5 Å². The van der Waals surface area contributed by atoms with E-state index in [0.717, 1.165) is 18.7 Å². The van der Waals surface area contributed by atoms with Crippen LogP contribution in [-0.2, 0) is 18.2 Å². The first-order chi connectivity index (χ1) is 11.7. The first-order valence-corrected chi connectivity index (χ1v) is 8.53. The van der Waals surface area contributed by atoms with Crippen molar-refractivity contribution >= 4 is 5.91 Å². The Morgan fingerprint density at radius 2 is 2.08 bits per heavy atom. The lowest BCUT2D eigenvalue weighted by molar-refractivity contribution is 0.0348. The van der Waals surface area contributed by atoms with Crippen LogP contribution in [0.4, 0.5) is 0 Å². The summed E-state index contributed by atoms with van der Waals surface area (Å²) in [5.41, 5.74) is 2.98. The second kappa shape index (κ2) is 6.36. The lowest BCUT2D eigenvalue weighted by Gasteiger charge is -2.36. The molecule has 24 heavy (non-hydrogen) atoms. The smallest absolute Gasteiger partial charge is 0.254 e. The maximum atomic E-state index is 13.0. The Bertz CT molecular complexity index is 724. The maximum absolute atomic E-state index is 13.0. The van der Waals surface area contributed by atoms with Gasteiger partial charge in [0, 0.05) is 38.2 Å². The summed E-state index contributed by atoms with van der Waals surface area (Å²) in [5.74, 6) is 0.744. The van der Waals surface area contributed by atoms with Gasteiger partial charge in [-0.25, -0.2) is 0 Å². The third kappa shape index (κ3) is 2.94. The number of nitrogens with zero attached hydrogens (tertiary/aromatic N) is 4. The van der Waals surface area contributed by atoms with Gasteiger partial charge in [-0.2, -0.15) is 5.10 Å². The number of amides is 1. The molecular weight excluding hydrogens is 304 g/mol. The molecule has 4 rings (SSSR count). The number of carbonyl (C=O) groups is 1. The van der Waals surface area contributed by atoms with Gasteiger partial charge in [-0.15, -0.1) is 0 Å². The number of ether oxygens (including phenoxy) is 1. The Balaban J connectivity index is 1.59. The zero-order valence-electron chi connectivity index (χ0n) is 13.9. The molecule has 1 atom stereocenters. The number of fused-ring (bicyclic) bond motifs is 1. The van der Waals surface area contributed by atoms with Crippen LogP contribution in [0.1, 0.15) is 40.5 Å². The minimum absolute atomic E-state index is 0.0317. The number of pyridine rings is 1. The summed E-state index contributed by atoms with van der Waals surface area (Å²) in [5, 5.41) is 4.38. The van der Waals surface area contributed by atoms with Crippen molar-refractivity contribution in [2.45, 2.75) is 25.3 Å². The van der Waals surface area contributed by atoms with Gasteiger partial charge in [-0.3, -0.25) is 14.5 Å².